The van der Waals surface area contributed by atoms with Crippen molar-refractivity contribution in [3.63, 3.8) is 0 Å². The molecule has 2 atom stereocenters. The molecule has 0 spiro atoms. The average Bonchev–Trinajstić information content (AvgIpc) is 3.07. The molecule has 2 aliphatic rings. The Labute approximate surface area is 158 Å². The minimum Gasteiger partial charge on any atom is -0.378 e. The lowest BCUT2D eigenvalue weighted by atomic mass is 9.93. The molecule has 0 saturated carbocycles. The number of hydrogen-bond donors (Lipinski definition) is 2. The minimum absolute atomic E-state index is 0.0246. The third kappa shape index (κ3) is 3.17. The van der Waals surface area contributed by atoms with Crippen molar-refractivity contribution < 1.29 is 18.3 Å². The standard InChI is InChI=1S/C18H16F2N4O2S/c19-13-4-3-11(24-16(25)15-14(20)2-1-6-22-15)8-12(13)18-10(5-7-26-18)9-23-17(21)27-18/h1-4,6,8,10H,5,7,9H2,(H2,21,23)(H,24,25)/t10-,18-/m1/s1. The van der Waals surface area contributed by atoms with Crippen LogP contribution in [0.15, 0.2) is 41.5 Å². The summed E-state index contributed by atoms with van der Waals surface area (Å²) in [7, 11) is 0. The van der Waals surface area contributed by atoms with Gasteiger partial charge in [0.2, 0.25) is 0 Å². The van der Waals surface area contributed by atoms with Gasteiger partial charge in [-0.15, -0.1) is 0 Å². The molecule has 4 rings (SSSR count). The van der Waals surface area contributed by atoms with Crippen LogP contribution in [0.25, 0.3) is 0 Å². The molecule has 9 heteroatoms. The van der Waals surface area contributed by atoms with E-state index < -0.39 is 22.5 Å². The normalized spacial score (nSPS) is 24.2. The summed E-state index contributed by atoms with van der Waals surface area (Å²) >= 11 is 1.18. The van der Waals surface area contributed by atoms with Crippen LogP contribution in [-0.4, -0.2) is 29.2 Å². The molecule has 0 bridgehead atoms. The summed E-state index contributed by atoms with van der Waals surface area (Å²) in [6, 6.07) is 6.69. The summed E-state index contributed by atoms with van der Waals surface area (Å²) in [6.07, 6.45) is 2.06. The van der Waals surface area contributed by atoms with E-state index in [1.165, 1.54) is 42.2 Å². The highest BCUT2D eigenvalue weighted by Gasteiger charge is 2.50. The van der Waals surface area contributed by atoms with Crippen LogP contribution in [0, 0.1) is 17.6 Å². The van der Waals surface area contributed by atoms with Crippen LogP contribution in [-0.2, 0) is 9.67 Å². The van der Waals surface area contributed by atoms with Crippen molar-refractivity contribution >= 4 is 28.5 Å². The number of ether oxygens (including phenoxy) is 1. The SMILES string of the molecule is NC1=NC[C@H]2CCO[C@@]2(c2cc(NC(=O)c3ncccc3F)ccc2F)S1. The Bertz CT molecular complexity index is 939. The molecule has 2 aliphatic heterocycles. The Morgan fingerprint density at radius 2 is 2.19 bits per heavy atom. The topological polar surface area (TPSA) is 89.6 Å². The van der Waals surface area contributed by atoms with Gasteiger partial charge in [0.05, 0.1) is 0 Å². The van der Waals surface area contributed by atoms with Crippen LogP contribution in [0.1, 0.15) is 22.5 Å². The molecule has 1 aromatic carbocycles. The summed E-state index contributed by atoms with van der Waals surface area (Å²) in [5.74, 6) is -1.94. The maximum Gasteiger partial charge on any atom is 0.277 e. The van der Waals surface area contributed by atoms with Gasteiger partial charge in [0.25, 0.3) is 5.91 Å². The molecular formula is C18H16F2N4O2S. The van der Waals surface area contributed by atoms with Crippen molar-refractivity contribution in [2.75, 3.05) is 18.5 Å². The van der Waals surface area contributed by atoms with Crippen LogP contribution < -0.4 is 11.1 Å². The first-order valence-corrected chi connectivity index (χ1v) is 9.16. The summed E-state index contributed by atoms with van der Waals surface area (Å²) in [6.45, 7) is 0.920. The average molecular weight is 390 g/mol. The van der Waals surface area contributed by atoms with Crippen LogP contribution in [0.3, 0.4) is 0 Å². The van der Waals surface area contributed by atoms with Crippen LogP contribution >= 0.6 is 11.8 Å². The Kier molecular flexibility index (Phi) is 4.56. The highest BCUT2D eigenvalue weighted by molar-refractivity contribution is 8.14. The summed E-state index contributed by atoms with van der Waals surface area (Å²) in [4.78, 5) is 19.3. The number of hydrogen-bond acceptors (Lipinski definition) is 6. The first kappa shape index (κ1) is 17.9. The van der Waals surface area contributed by atoms with E-state index in [2.05, 4.69) is 15.3 Å². The number of carbonyl (C=O) groups is 1. The number of aromatic nitrogens is 1. The van der Waals surface area contributed by atoms with Gasteiger partial charge in [0, 0.05) is 36.5 Å². The fourth-order valence-electron chi connectivity index (χ4n) is 3.34. The zero-order valence-corrected chi connectivity index (χ0v) is 14.9. The van der Waals surface area contributed by atoms with Crippen LogP contribution in [0.4, 0.5) is 14.5 Å². The number of nitrogens with two attached hydrogens (primary N) is 1. The van der Waals surface area contributed by atoms with Gasteiger partial charge in [-0.25, -0.2) is 13.8 Å². The monoisotopic (exact) mass is 390 g/mol. The number of amidine groups is 1. The van der Waals surface area contributed by atoms with Gasteiger partial charge in [-0.1, -0.05) is 0 Å². The predicted octanol–water partition coefficient (Wildman–Crippen LogP) is 2.86. The van der Waals surface area contributed by atoms with Gasteiger partial charge < -0.3 is 15.8 Å². The molecule has 1 amide bonds. The Balaban J connectivity index is 1.67. The number of anilines is 1. The third-order valence-electron chi connectivity index (χ3n) is 4.62. The minimum atomic E-state index is -0.979. The number of thioether (sulfide) groups is 1. The maximum atomic E-state index is 14.7. The molecule has 27 heavy (non-hydrogen) atoms. The van der Waals surface area contributed by atoms with E-state index in [4.69, 9.17) is 10.5 Å². The second-order valence-corrected chi connectivity index (χ2v) is 7.49. The van der Waals surface area contributed by atoms with E-state index in [9.17, 15) is 13.6 Å². The summed E-state index contributed by atoms with van der Waals surface area (Å²) < 4.78 is 34.4. The molecule has 0 radical (unpaired) electrons. The van der Waals surface area contributed by atoms with Crippen molar-refractivity contribution in [3.8, 4) is 0 Å². The van der Waals surface area contributed by atoms with Gasteiger partial charge in [-0.2, -0.15) is 0 Å². The van der Waals surface area contributed by atoms with Crippen molar-refractivity contribution in [2.45, 2.75) is 11.4 Å². The number of halogens is 2. The first-order valence-electron chi connectivity index (χ1n) is 8.34. The van der Waals surface area contributed by atoms with Gasteiger partial charge in [-0.05, 0) is 48.5 Å². The Morgan fingerprint density at radius 1 is 1.33 bits per heavy atom. The third-order valence-corrected chi connectivity index (χ3v) is 5.93. The quantitative estimate of drug-likeness (QED) is 0.841. The lowest BCUT2D eigenvalue weighted by Crippen LogP contribution is -2.38. The summed E-state index contributed by atoms with van der Waals surface area (Å²) in [5, 5.41) is 2.89. The lowest BCUT2D eigenvalue weighted by Gasteiger charge is -2.36. The van der Waals surface area contributed by atoms with Crippen molar-refractivity contribution in [3.05, 3.63) is 59.4 Å². The van der Waals surface area contributed by atoms with Crippen LogP contribution in [0.5, 0.6) is 0 Å². The fourth-order valence-corrected chi connectivity index (χ4v) is 4.56. The maximum absolute atomic E-state index is 14.7. The number of benzene rings is 1. The van der Waals surface area contributed by atoms with E-state index in [0.29, 0.717) is 24.0 Å². The molecule has 0 aliphatic carbocycles. The second-order valence-electron chi connectivity index (χ2n) is 6.27. The highest BCUT2D eigenvalue weighted by Crippen LogP contribution is 2.52. The van der Waals surface area contributed by atoms with E-state index in [1.807, 2.05) is 0 Å². The molecule has 3 heterocycles. The smallest absolute Gasteiger partial charge is 0.277 e. The number of rotatable bonds is 3. The largest absolute Gasteiger partial charge is 0.378 e. The molecule has 6 nitrogen and oxygen atoms in total. The van der Waals surface area contributed by atoms with Gasteiger partial charge in [-0.3, -0.25) is 9.79 Å². The van der Waals surface area contributed by atoms with E-state index in [0.717, 1.165) is 12.5 Å². The Hall–Kier alpha value is -2.52. The van der Waals surface area contributed by atoms with Crippen LogP contribution in [0.2, 0.25) is 0 Å². The number of nitrogens with zero attached hydrogens (tertiary/aromatic N) is 2. The number of fused-ring (bicyclic) bond motifs is 1. The molecule has 2 aromatic rings. The second kappa shape index (κ2) is 6.90. The predicted molar refractivity (Wildman–Crippen MR) is 98.4 cm³/mol. The van der Waals surface area contributed by atoms with Gasteiger partial charge in [0.15, 0.2) is 21.6 Å². The van der Waals surface area contributed by atoms with Crippen molar-refractivity contribution in [1.29, 1.82) is 0 Å². The molecule has 1 fully saturated rings. The fraction of sp³-hybridized carbons (Fsp3) is 0.278. The summed E-state index contributed by atoms with van der Waals surface area (Å²) in [5.41, 5.74) is 6.13. The molecule has 3 N–H and O–H groups in total. The molecule has 1 saturated heterocycles. The van der Waals surface area contributed by atoms with Gasteiger partial charge in [0.1, 0.15) is 5.82 Å². The first-order chi connectivity index (χ1) is 13.0. The molecular weight excluding hydrogens is 374 g/mol. The molecule has 1 aromatic heterocycles. The zero-order valence-electron chi connectivity index (χ0n) is 14.1. The number of aliphatic imine (C=N–C) groups is 1. The highest BCUT2D eigenvalue weighted by atomic mass is 32.2. The van der Waals surface area contributed by atoms with Gasteiger partial charge >= 0.3 is 0 Å². The number of carbonyl (C=O) groups excluding carboxylic acids is 1. The number of nitrogens with one attached hydrogen (secondary N) is 1. The van der Waals surface area contributed by atoms with Crippen molar-refractivity contribution in [2.24, 2.45) is 16.6 Å². The van der Waals surface area contributed by atoms with E-state index in [-0.39, 0.29) is 17.2 Å². The molecule has 0 unspecified atom stereocenters. The number of amides is 1. The number of pyridine rings is 1. The van der Waals surface area contributed by atoms with Crippen molar-refractivity contribution in [1.82, 2.24) is 4.98 Å². The van der Waals surface area contributed by atoms with E-state index in [1.54, 1.807) is 0 Å². The Morgan fingerprint density at radius 3 is 3.00 bits per heavy atom. The lowest BCUT2D eigenvalue weighted by molar-refractivity contribution is 0.0561. The zero-order chi connectivity index (χ0) is 19.0. The van der Waals surface area contributed by atoms with E-state index >= 15 is 0 Å². The molecule has 140 valence electrons.